The quantitative estimate of drug-likeness (QED) is 0.246. The minimum Gasteiger partial charge on any atom is -0.406 e. The molecule has 1 aliphatic heterocycles. The van der Waals surface area contributed by atoms with Gasteiger partial charge >= 0.3 is 6.36 Å². The summed E-state index contributed by atoms with van der Waals surface area (Å²) in [6.07, 6.45) is -1.98. The highest BCUT2D eigenvalue weighted by molar-refractivity contribution is 8.15. The van der Waals surface area contributed by atoms with Gasteiger partial charge in [-0.1, -0.05) is 54.2 Å². The Morgan fingerprint density at radius 2 is 1.76 bits per heavy atom. The number of benzene rings is 3. The summed E-state index contributed by atoms with van der Waals surface area (Å²) in [5, 5.41) is 8.89. The van der Waals surface area contributed by atoms with Gasteiger partial charge in [0, 0.05) is 5.56 Å². The molecule has 0 aliphatic carbocycles. The molecule has 0 aromatic heterocycles. The standard InChI is InChI=1S/C26H21F3N6O2S/c1-17-4-2-3-5-22(17)35-23(36)15-38-25(35)34-33-14-18-6-8-19(9-7-18)24(30)32-16-31-20-10-12-21(13-11-20)37-26(27,28)29/h2-14,16H,15H2,1H3,(H2,30,31,32)/b33-14+,34-25-. The molecular weight excluding hydrogens is 517 g/mol. The van der Waals surface area contributed by atoms with Crippen molar-refractivity contribution in [3.05, 3.63) is 89.5 Å². The second-order valence-electron chi connectivity index (χ2n) is 7.85. The van der Waals surface area contributed by atoms with Gasteiger partial charge in [0.25, 0.3) is 0 Å². The first-order valence-electron chi connectivity index (χ1n) is 11.1. The van der Waals surface area contributed by atoms with Crippen LogP contribution >= 0.6 is 11.8 Å². The number of anilines is 1. The van der Waals surface area contributed by atoms with Crippen LogP contribution in [0.5, 0.6) is 5.75 Å². The summed E-state index contributed by atoms with van der Waals surface area (Å²) in [7, 11) is 0. The summed E-state index contributed by atoms with van der Waals surface area (Å²) in [6, 6.07) is 19.7. The zero-order valence-corrected chi connectivity index (χ0v) is 20.8. The second kappa shape index (κ2) is 11.7. The highest BCUT2D eigenvalue weighted by Gasteiger charge is 2.31. The number of carbonyl (C=O) groups excluding carboxylic acids is 1. The fraction of sp³-hybridized carbons (Fsp3) is 0.115. The average Bonchev–Trinajstić information content (AvgIpc) is 3.24. The van der Waals surface area contributed by atoms with Crippen molar-refractivity contribution in [1.82, 2.24) is 0 Å². The number of hydrogen-bond acceptors (Lipinski definition) is 6. The lowest BCUT2D eigenvalue weighted by atomic mass is 10.1. The van der Waals surface area contributed by atoms with Gasteiger partial charge in [0.05, 0.1) is 23.3 Å². The zero-order chi connectivity index (χ0) is 27.1. The predicted molar refractivity (Wildman–Crippen MR) is 145 cm³/mol. The molecule has 3 aromatic carbocycles. The van der Waals surface area contributed by atoms with Crippen molar-refractivity contribution >= 4 is 52.6 Å². The SMILES string of the molecule is Cc1ccccc1N1C(=O)CS/C1=N\N=C\c1ccc(C(N)=NC=Nc2ccc(OC(F)(F)F)cc2)cc1. The van der Waals surface area contributed by atoms with Crippen LogP contribution < -0.4 is 15.4 Å². The summed E-state index contributed by atoms with van der Waals surface area (Å²) in [6.45, 7) is 1.93. The molecule has 0 bridgehead atoms. The van der Waals surface area contributed by atoms with E-state index in [0.29, 0.717) is 22.2 Å². The van der Waals surface area contributed by atoms with Gasteiger partial charge in [-0.15, -0.1) is 18.3 Å². The van der Waals surface area contributed by atoms with Gasteiger partial charge in [-0.2, -0.15) is 5.10 Å². The molecule has 1 heterocycles. The monoisotopic (exact) mass is 538 g/mol. The van der Waals surface area contributed by atoms with Gasteiger partial charge in [-0.3, -0.25) is 9.69 Å². The lowest BCUT2D eigenvalue weighted by Gasteiger charge is -2.17. The topological polar surface area (TPSA) is 105 Å². The number of aryl methyl sites for hydroxylation is 1. The molecule has 1 amide bonds. The number of amidine groups is 2. The number of aliphatic imine (C=N–C) groups is 2. The molecule has 0 spiro atoms. The van der Waals surface area contributed by atoms with Crippen LogP contribution in [0.1, 0.15) is 16.7 Å². The van der Waals surface area contributed by atoms with E-state index in [0.717, 1.165) is 28.9 Å². The number of alkyl halides is 3. The van der Waals surface area contributed by atoms with E-state index in [9.17, 15) is 18.0 Å². The van der Waals surface area contributed by atoms with Crippen molar-refractivity contribution in [2.75, 3.05) is 10.7 Å². The Labute approximate surface area is 220 Å². The van der Waals surface area contributed by atoms with Crippen molar-refractivity contribution < 1.29 is 22.7 Å². The van der Waals surface area contributed by atoms with Crippen molar-refractivity contribution in [2.45, 2.75) is 13.3 Å². The number of rotatable bonds is 7. The van der Waals surface area contributed by atoms with E-state index in [1.54, 1.807) is 35.4 Å². The van der Waals surface area contributed by atoms with Crippen LogP contribution in [0.25, 0.3) is 0 Å². The predicted octanol–water partition coefficient (Wildman–Crippen LogP) is 5.43. The molecular formula is C26H21F3N6O2S. The van der Waals surface area contributed by atoms with Gasteiger partial charge in [-0.25, -0.2) is 9.98 Å². The molecule has 0 radical (unpaired) electrons. The number of nitrogens with zero attached hydrogens (tertiary/aromatic N) is 5. The molecule has 2 N–H and O–H groups in total. The minimum atomic E-state index is -4.75. The first-order chi connectivity index (χ1) is 18.2. The van der Waals surface area contributed by atoms with E-state index in [2.05, 4.69) is 24.9 Å². The number of amides is 1. The van der Waals surface area contributed by atoms with Crippen LogP contribution in [-0.4, -0.2) is 41.6 Å². The number of halogens is 3. The summed E-state index contributed by atoms with van der Waals surface area (Å²) in [5.74, 6) is 0.114. The molecule has 1 fully saturated rings. The van der Waals surface area contributed by atoms with Crippen LogP contribution in [0.4, 0.5) is 24.5 Å². The maximum Gasteiger partial charge on any atom is 0.573 e. The normalized spacial score (nSPS) is 15.8. The van der Waals surface area contributed by atoms with E-state index in [1.165, 1.54) is 30.2 Å². The number of carbonyl (C=O) groups is 1. The maximum atomic E-state index is 12.4. The third kappa shape index (κ3) is 7.07. The highest BCUT2D eigenvalue weighted by atomic mass is 32.2. The fourth-order valence-corrected chi connectivity index (χ4v) is 4.15. The fourth-order valence-electron chi connectivity index (χ4n) is 3.34. The first kappa shape index (κ1) is 26.6. The smallest absolute Gasteiger partial charge is 0.406 e. The Bertz CT molecular complexity index is 1420. The molecule has 4 rings (SSSR count). The van der Waals surface area contributed by atoms with Gasteiger partial charge in [0.1, 0.15) is 17.9 Å². The Morgan fingerprint density at radius 3 is 2.45 bits per heavy atom. The van der Waals surface area contributed by atoms with Crippen molar-refractivity contribution in [1.29, 1.82) is 0 Å². The lowest BCUT2D eigenvalue weighted by molar-refractivity contribution is -0.274. The average molecular weight is 539 g/mol. The molecule has 0 atom stereocenters. The number of para-hydroxylation sites is 1. The Kier molecular flexibility index (Phi) is 8.22. The number of thioether (sulfide) groups is 1. The second-order valence-corrected chi connectivity index (χ2v) is 8.80. The van der Waals surface area contributed by atoms with Crippen LogP contribution in [-0.2, 0) is 4.79 Å². The zero-order valence-electron chi connectivity index (χ0n) is 20.0. The molecule has 194 valence electrons. The van der Waals surface area contributed by atoms with Gasteiger partial charge in [-0.05, 0) is 48.4 Å². The molecule has 38 heavy (non-hydrogen) atoms. The third-order valence-electron chi connectivity index (χ3n) is 5.15. The molecule has 1 aliphatic rings. The van der Waals surface area contributed by atoms with Gasteiger partial charge in [0.15, 0.2) is 5.17 Å². The summed E-state index contributed by atoms with van der Waals surface area (Å²) < 4.78 is 40.5. The first-order valence-corrected chi connectivity index (χ1v) is 12.1. The van der Waals surface area contributed by atoms with E-state index in [-0.39, 0.29) is 17.5 Å². The molecule has 0 saturated carbocycles. The van der Waals surface area contributed by atoms with Crippen LogP contribution in [0.2, 0.25) is 0 Å². The Morgan fingerprint density at radius 1 is 1.05 bits per heavy atom. The van der Waals surface area contributed by atoms with Gasteiger partial charge < -0.3 is 10.5 Å². The number of nitrogens with two attached hydrogens (primary N) is 1. The van der Waals surface area contributed by atoms with E-state index in [4.69, 9.17) is 5.73 Å². The van der Waals surface area contributed by atoms with E-state index >= 15 is 0 Å². The van der Waals surface area contributed by atoms with Gasteiger partial charge in [0.2, 0.25) is 5.91 Å². The van der Waals surface area contributed by atoms with Crippen molar-refractivity contribution in [2.24, 2.45) is 25.9 Å². The largest absolute Gasteiger partial charge is 0.573 e. The minimum absolute atomic E-state index is 0.0478. The molecule has 12 heteroatoms. The highest BCUT2D eigenvalue weighted by Crippen LogP contribution is 2.29. The molecule has 3 aromatic rings. The molecule has 8 nitrogen and oxygen atoms in total. The Balaban J connectivity index is 1.38. The Hall–Kier alpha value is -4.45. The number of hydrogen-bond donors (Lipinski definition) is 1. The molecule has 1 saturated heterocycles. The van der Waals surface area contributed by atoms with Crippen molar-refractivity contribution in [3.8, 4) is 5.75 Å². The third-order valence-corrected chi connectivity index (χ3v) is 6.07. The van der Waals surface area contributed by atoms with Crippen LogP contribution in [0.15, 0.2) is 93.0 Å². The lowest BCUT2D eigenvalue weighted by Crippen LogP contribution is -2.29. The summed E-state index contributed by atoms with van der Waals surface area (Å²) in [5.41, 5.74) is 9.53. The maximum absolute atomic E-state index is 12.4. The summed E-state index contributed by atoms with van der Waals surface area (Å²) in [4.78, 5) is 22.1. The summed E-state index contributed by atoms with van der Waals surface area (Å²) >= 11 is 1.33. The van der Waals surface area contributed by atoms with Crippen LogP contribution in [0.3, 0.4) is 0 Å². The van der Waals surface area contributed by atoms with Crippen LogP contribution in [0, 0.1) is 6.92 Å². The molecule has 0 unspecified atom stereocenters. The van der Waals surface area contributed by atoms with E-state index < -0.39 is 6.36 Å². The van der Waals surface area contributed by atoms with E-state index in [1.807, 2.05) is 31.2 Å². The van der Waals surface area contributed by atoms with Crippen molar-refractivity contribution in [3.63, 3.8) is 0 Å². The number of ether oxygens (including phenoxy) is 1.